The van der Waals surface area contributed by atoms with Gasteiger partial charge in [-0.25, -0.2) is 0 Å². The molecule has 8 heteroatoms. The molecule has 0 aromatic carbocycles. The van der Waals surface area contributed by atoms with Crippen LogP contribution < -0.4 is 5.32 Å². The lowest BCUT2D eigenvalue weighted by atomic mass is 9.94. The first-order valence-electron chi connectivity index (χ1n) is 16.6. The molecule has 0 aliphatic carbocycles. The van der Waals surface area contributed by atoms with Gasteiger partial charge in [0.1, 0.15) is 0 Å². The van der Waals surface area contributed by atoms with Crippen molar-refractivity contribution >= 4 is 23.3 Å². The van der Waals surface area contributed by atoms with E-state index in [-0.39, 0.29) is 11.9 Å². The zero-order valence-electron chi connectivity index (χ0n) is 26.7. The van der Waals surface area contributed by atoms with Gasteiger partial charge >= 0.3 is 5.97 Å². The van der Waals surface area contributed by atoms with Crippen LogP contribution in [-0.4, -0.2) is 106 Å². The van der Waals surface area contributed by atoms with E-state index in [0.29, 0.717) is 6.61 Å². The van der Waals surface area contributed by atoms with E-state index in [1.807, 2.05) is 0 Å². The number of ether oxygens (including phenoxy) is 2. The Hall–Kier alpha value is -0.960. The minimum Gasteiger partial charge on any atom is -0.465 e. The van der Waals surface area contributed by atoms with Gasteiger partial charge in [0.05, 0.1) is 12.5 Å². The quantitative estimate of drug-likeness (QED) is 0.0784. The van der Waals surface area contributed by atoms with Gasteiger partial charge in [-0.2, -0.15) is 0 Å². The van der Waals surface area contributed by atoms with Crippen molar-refractivity contribution < 1.29 is 14.3 Å². The third kappa shape index (κ3) is 19.2. The maximum Gasteiger partial charge on any atom is 0.308 e. The van der Waals surface area contributed by atoms with Crippen LogP contribution in [0.25, 0.3) is 0 Å². The van der Waals surface area contributed by atoms with E-state index >= 15 is 0 Å². The van der Waals surface area contributed by atoms with E-state index in [2.05, 4.69) is 40.9 Å². The van der Waals surface area contributed by atoms with Crippen LogP contribution in [-0.2, 0) is 14.3 Å². The molecule has 1 saturated heterocycles. The zero-order valence-corrected chi connectivity index (χ0v) is 27.5. The normalized spacial score (nSPS) is 15.2. The van der Waals surface area contributed by atoms with Crippen molar-refractivity contribution in [1.29, 1.82) is 0 Å². The van der Waals surface area contributed by atoms with Crippen LogP contribution in [0.15, 0.2) is 0 Å². The first kappa shape index (κ1) is 37.1. The van der Waals surface area contributed by atoms with Crippen LogP contribution in [0.1, 0.15) is 110 Å². The molecular weight excluding hydrogens is 520 g/mol. The fourth-order valence-electron chi connectivity index (χ4n) is 5.31. The van der Waals surface area contributed by atoms with Gasteiger partial charge in [-0.1, -0.05) is 78.1 Å². The molecule has 236 valence electrons. The van der Waals surface area contributed by atoms with Crippen LogP contribution in [0, 0.1) is 5.92 Å². The number of esters is 1. The lowest BCUT2D eigenvalue weighted by molar-refractivity contribution is -0.149. The summed E-state index contributed by atoms with van der Waals surface area (Å²) in [7, 11) is 3.93. The van der Waals surface area contributed by atoms with Gasteiger partial charge in [-0.15, -0.1) is 0 Å². The third-order valence-electron chi connectivity index (χ3n) is 8.05. The Balaban J connectivity index is 2.40. The second-order valence-electron chi connectivity index (χ2n) is 11.7. The number of piperazine rings is 1. The number of nitrogens with zero attached hydrogens (tertiary/aromatic N) is 3. The lowest BCUT2D eigenvalue weighted by Gasteiger charge is -2.32. The molecule has 1 unspecified atom stereocenters. The molecule has 0 aromatic rings. The highest BCUT2D eigenvalue weighted by atomic mass is 32.1. The lowest BCUT2D eigenvalue weighted by Crippen LogP contribution is -2.46. The highest BCUT2D eigenvalue weighted by molar-refractivity contribution is 7.80. The summed E-state index contributed by atoms with van der Waals surface area (Å²) in [4.78, 5) is 20.1. The second kappa shape index (κ2) is 25.7. The van der Waals surface area contributed by atoms with Crippen LogP contribution in [0.5, 0.6) is 0 Å². The first-order chi connectivity index (χ1) is 19.5. The Morgan fingerprint density at radius 3 is 2.02 bits per heavy atom. The van der Waals surface area contributed by atoms with E-state index in [9.17, 15) is 4.79 Å². The minimum atomic E-state index is 0.0144. The summed E-state index contributed by atoms with van der Waals surface area (Å²) >= 11 is 5.75. The molecule has 1 aliphatic heterocycles. The highest BCUT2D eigenvalue weighted by Gasteiger charge is 2.20. The largest absolute Gasteiger partial charge is 0.465 e. The number of unbranched alkanes of at least 4 members (excludes halogenated alkanes) is 8. The van der Waals surface area contributed by atoms with Crippen LogP contribution in [0.2, 0.25) is 0 Å². The SMILES string of the molecule is CCCCCCCCC(CCCCCC)C(=O)OCCCN(CCCOC)C(=S)NCCCN1CCN(C)CC1. The van der Waals surface area contributed by atoms with Crippen molar-refractivity contribution in [2.45, 2.75) is 110 Å². The smallest absolute Gasteiger partial charge is 0.308 e. The number of rotatable bonds is 25. The fraction of sp³-hybridized carbons (Fsp3) is 0.938. The molecule has 0 radical (unpaired) electrons. The average Bonchev–Trinajstić information content (AvgIpc) is 2.96. The van der Waals surface area contributed by atoms with Crippen molar-refractivity contribution in [2.75, 3.05) is 79.7 Å². The number of nitrogens with one attached hydrogen (secondary N) is 1. The Labute approximate surface area is 253 Å². The van der Waals surface area contributed by atoms with Crippen molar-refractivity contribution in [3.63, 3.8) is 0 Å². The van der Waals surface area contributed by atoms with E-state index in [1.54, 1.807) is 7.11 Å². The number of methoxy groups -OCH3 is 1. The summed E-state index contributed by atoms with van der Waals surface area (Å²) < 4.78 is 11.1. The summed E-state index contributed by atoms with van der Waals surface area (Å²) in [6.07, 6.45) is 17.1. The topological polar surface area (TPSA) is 57.3 Å². The number of carbonyl (C=O) groups is 1. The minimum absolute atomic E-state index is 0.0144. The van der Waals surface area contributed by atoms with Crippen molar-refractivity contribution in [3.05, 3.63) is 0 Å². The Morgan fingerprint density at radius 2 is 1.40 bits per heavy atom. The summed E-state index contributed by atoms with van der Waals surface area (Å²) in [6, 6.07) is 0. The van der Waals surface area contributed by atoms with E-state index < -0.39 is 0 Å². The molecule has 0 amide bonds. The number of hydrogen-bond donors (Lipinski definition) is 1. The molecule has 40 heavy (non-hydrogen) atoms. The third-order valence-corrected chi connectivity index (χ3v) is 8.45. The fourth-order valence-corrected chi connectivity index (χ4v) is 5.60. The Kier molecular flexibility index (Phi) is 23.8. The molecule has 1 atom stereocenters. The summed E-state index contributed by atoms with van der Waals surface area (Å²) in [5, 5.41) is 4.28. The van der Waals surface area contributed by atoms with Crippen LogP contribution in [0.3, 0.4) is 0 Å². The van der Waals surface area contributed by atoms with Crippen molar-refractivity contribution in [2.24, 2.45) is 5.92 Å². The summed E-state index contributed by atoms with van der Waals surface area (Å²) in [5.41, 5.74) is 0. The van der Waals surface area contributed by atoms with Crippen LogP contribution in [0.4, 0.5) is 0 Å². The summed E-state index contributed by atoms with van der Waals surface area (Å²) in [5.74, 6) is 0.0736. The Bertz CT molecular complexity index is 617. The average molecular weight is 585 g/mol. The molecule has 1 fully saturated rings. The second-order valence-corrected chi connectivity index (χ2v) is 12.1. The molecule has 1 rings (SSSR count). The van der Waals surface area contributed by atoms with Crippen LogP contribution >= 0.6 is 12.2 Å². The van der Waals surface area contributed by atoms with Gasteiger partial charge < -0.3 is 29.5 Å². The van der Waals surface area contributed by atoms with Gasteiger partial charge in [-0.3, -0.25) is 4.79 Å². The van der Waals surface area contributed by atoms with Gasteiger partial charge in [0.25, 0.3) is 0 Å². The van der Waals surface area contributed by atoms with E-state index in [0.717, 1.165) is 109 Å². The Morgan fingerprint density at radius 1 is 0.825 bits per heavy atom. The maximum absolute atomic E-state index is 13.0. The zero-order chi connectivity index (χ0) is 29.3. The monoisotopic (exact) mass is 584 g/mol. The van der Waals surface area contributed by atoms with Gasteiger partial charge in [-0.05, 0) is 57.9 Å². The van der Waals surface area contributed by atoms with Gasteiger partial charge in [0, 0.05) is 59.5 Å². The molecule has 1 N–H and O–H groups in total. The molecule has 0 bridgehead atoms. The van der Waals surface area contributed by atoms with E-state index in [4.69, 9.17) is 21.7 Å². The molecule has 0 aromatic heterocycles. The molecule has 0 spiro atoms. The number of carbonyl (C=O) groups excluding carboxylic acids is 1. The standard InChI is InChI=1S/C32H64N4O3S/c1-5-7-9-11-12-14-19-30(18-13-10-8-6-2)31(37)39-29-17-23-36(22-16-28-38-4)32(40)33-20-15-21-35-26-24-34(3)25-27-35/h30H,5-29H2,1-4H3,(H,33,40). The van der Waals surface area contributed by atoms with E-state index in [1.165, 1.54) is 51.4 Å². The number of hydrogen-bond acceptors (Lipinski definition) is 6. The predicted octanol–water partition coefficient (Wildman–Crippen LogP) is 6.11. The van der Waals surface area contributed by atoms with Gasteiger partial charge in [0.2, 0.25) is 0 Å². The molecule has 0 saturated carbocycles. The summed E-state index contributed by atoms with van der Waals surface area (Å²) in [6.45, 7) is 13.9. The highest BCUT2D eigenvalue weighted by Crippen LogP contribution is 2.20. The molecule has 1 aliphatic rings. The molecular formula is C32H64N4O3S. The maximum atomic E-state index is 13.0. The predicted molar refractivity (Wildman–Crippen MR) is 173 cm³/mol. The van der Waals surface area contributed by atoms with Gasteiger partial charge in [0.15, 0.2) is 5.11 Å². The van der Waals surface area contributed by atoms with Crippen molar-refractivity contribution in [1.82, 2.24) is 20.0 Å². The molecule has 1 heterocycles. The van der Waals surface area contributed by atoms with Crippen molar-refractivity contribution in [3.8, 4) is 0 Å². The number of thiocarbonyl (C=S) groups is 1. The number of likely N-dealkylation sites (N-methyl/N-ethyl adjacent to an activating group) is 1. The molecule has 7 nitrogen and oxygen atoms in total. The first-order valence-corrected chi connectivity index (χ1v) is 17.0.